The van der Waals surface area contributed by atoms with Crippen molar-refractivity contribution in [1.29, 1.82) is 0 Å². The van der Waals surface area contributed by atoms with E-state index in [1.807, 2.05) is 13.1 Å². The van der Waals surface area contributed by atoms with Crippen LogP contribution in [0.5, 0.6) is 11.5 Å². The van der Waals surface area contributed by atoms with Gasteiger partial charge in [0.1, 0.15) is 34.7 Å². The first kappa shape index (κ1) is 27.2. The lowest BCUT2D eigenvalue weighted by Crippen LogP contribution is -2.29. The predicted octanol–water partition coefficient (Wildman–Crippen LogP) is 2.96. The smallest absolute Gasteiger partial charge is 0.189 e. The van der Waals surface area contributed by atoms with Crippen molar-refractivity contribution in [1.82, 2.24) is 34.5 Å². The molecule has 3 aromatic heterocycles. The predicted molar refractivity (Wildman–Crippen MR) is 140 cm³/mol. The highest BCUT2D eigenvalue weighted by atomic mass is 32.2. The van der Waals surface area contributed by atoms with Gasteiger partial charge in [-0.1, -0.05) is 6.07 Å². The molecule has 12 nitrogen and oxygen atoms in total. The molecule has 1 aromatic carbocycles. The maximum Gasteiger partial charge on any atom is 0.189 e. The lowest BCUT2D eigenvalue weighted by atomic mass is 10.2. The molecular formula is C25H31N7O5S. The van der Waals surface area contributed by atoms with E-state index in [0.717, 1.165) is 5.69 Å². The number of hydrogen-bond donors (Lipinski definition) is 0. The van der Waals surface area contributed by atoms with Crippen molar-refractivity contribution in [3.63, 3.8) is 0 Å². The molecule has 0 saturated carbocycles. The standard InChI is InChI=1S/C25H31N7O5S/c1-7-31-12-11-18(30-31)25-29-28-22(32(25)23-20(35-4)9-8-10-21(23)36-5)15-38(33,34)17(3)24(37-6)19-14-26-16(2)13-27-19/h8-14,17,24H,7,15H2,1-6H3/t17-,24-/m0/s1. The van der Waals surface area contributed by atoms with Gasteiger partial charge in [-0.2, -0.15) is 5.10 Å². The van der Waals surface area contributed by atoms with Gasteiger partial charge in [-0.05, 0) is 39.0 Å². The number of para-hydroxylation sites is 1. The maximum absolute atomic E-state index is 13.7. The number of rotatable bonds is 11. The number of aryl methyl sites for hydroxylation is 2. The Hall–Kier alpha value is -3.84. The minimum absolute atomic E-state index is 0.172. The summed E-state index contributed by atoms with van der Waals surface area (Å²) in [4.78, 5) is 8.56. The zero-order valence-corrected chi connectivity index (χ0v) is 23.0. The first-order valence-corrected chi connectivity index (χ1v) is 13.7. The Morgan fingerprint density at radius 2 is 1.71 bits per heavy atom. The molecule has 0 fully saturated rings. The Bertz CT molecular complexity index is 1480. The third kappa shape index (κ3) is 5.24. The quantitative estimate of drug-likeness (QED) is 0.279. The summed E-state index contributed by atoms with van der Waals surface area (Å²) in [6, 6.07) is 7.08. The van der Waals surface area contributed by atoms with Crippen molar-refractivity contribution in [3.05, 3.63) is 60.1 Å². The monoisotopic (exact) mass is 541 g/mol. The van der Waals surface area contributed by atoms with E-state index in [-0.39, 0.29) is 5.82 Å². The molecule has 0 aliphatic heterocycles. The first-order chi connectivity index (χ1) is 18.2. The fourth-order valence-electron chi connectivity index (χ4n) is 4.12. The van der Waals surface area contributed by atoms with Crippen molar-refractivity contribution in [2.24, 2.45) is 0 Å². The van der Waals surface area contributed by atoms with Crippen LogP contribution in [0.15, 0.2) is 42.9 Å². The molecule has 0 amide bonds. The molecule has 0 N–H and O–H groups in total. The van der Waals surface area contributed by atoms with Crippen LogP contribution in [0.3, 0.4) is 0 Å². The van der Waals surface area contributed by atoms with E-state index in [4.69, 9.17) is 14.2 Å². The van der Waals surface area contributed by atoms with Crippen LogP contribution in [0.25, 0.3) is 17.2 Å². The van der Waals surface area contributed by atoms with Gasteiger partial charge >= 0.3 is 0 Å². The number of benzene rings is 1. The van der Waals surface area contributed by atoms with E-state index in [1.165, 1.54) is 27.5 Å². The summed E-state index contributed by atoms with van der Waals surface area (Å²) >= 11 is 0. The average Bonchev–Trinajstić information content (AvgIpc) is 3.56. The SMILES string of the molecule is CCn1ccc(-c2nnc(CS(=O)(=O)[C@@H](C)[C@H](OC)c3cnc(C)cn3)n2-c2c(OC)cccc2OC)n1. The van der Waals surface area contributed by atoms with Crippen LogP contribution in [0.2, 0.25) is 0 Å². The molecule has 38 heavy (non-hydrogen) atoms. The third-order valence-electron chi connectivity index (χ3n) is 6.22. The Morgan fingerprint density at radius 3 is 2.26 bits per heavy atom. The summed E-state index contributed by atoms with van der Waals surface area (Å²) in [7, 11) is 0.655. The summed E-state index contributed by atoms with van der Waals surface area (Å²) in [6.45, 7) is 6.01. The summed E-state index contributed by atoms with van der Waals surface area (Å²) in [5.74, 6) is 1.00. The Kier molecular flexibility index (Phi) is 8.07. The highest BCUT2D eigenvalue weighted by Gasteiger charge is 2.35. The van der Waals surface area contributed by atoms with Gasteiger partial charge in [0.05, 0.1) is 37.1 Å². The number of sulfone groups is 1. The molecule has 4 aromatic rings. The molecule has 2 atom stereocenters. The van der Waals surface area contributed by atoms with Crippen molar-refractivity contribution >= 4 is 9.84 Å². The molecule has 0 aliphatic rings. The lowest BCUT2D eigenvalue weighted by molar-refractivity contribution is 0.0983. The van der Waals surface area contributed by atoms with Gasteiger partial charge in [0.15, 0.2) is 21.5 Å². The van der Waals surface area contributed by atoms with Gasteiger partial charge in [-0.25, -0.2) is 8.42 Å². The van der Waals surface area contributed by atoms with E-state index < -0.39 is 26.9 Å². The summed E-state index contributed by atoms with van der Waals surface area (Å²) in [6.07, 6.45) is 4.09. The van der Waals surface area contributed by atoms with E-state index in [9.17, 15) is 8.42 Å². The second-order valence-electron chi connectivity index (χ2n) is 8.59. The number of ether oxygens (including phenoxy) is 3. The van der Waals surface area contributed by atoms with Crippen molar-refractivity contribution in [3.8, 4) is 28.7 Å². The van der Waals surface area contributed by atoms with Crippen LogP contribution in [-0.4, -0.2) is 69.5 Å². The van der Waals surface area contributed by atoms with Gasteiger partial charge < -0.3 is 14.2 Å². The van der Waals surface area contributed by atoms with E-state index in [2.05, 4.69) is 25.3 Å². The summed E-state index contributed by atoms with van der Waals surface area (Å²) < 4.78 is 47.6. The number of nitrogens with zero attached hydrogens (tertiary/aromatic N) is 7. The van der Waals surface area contributed by atoms with Gasteiger partial charge in [0.2, 0.25) is 0 Å². The minimum atomic E-state index is -3.84. The zero-order valence-electron chi connectivity index (χ0n) is 22.2. The van der Waals surface area contributed by atoms with Crippen LogP contribution >= 0.6 is 0 Å². The zero-order chi connectivity index (χ0) is 27.4. The Morgan fingerprint density at radius 1 is 1.00 bits per heavy atom. The van der Waals surface area contributed by atoms with E-state index in [0.29, 0.717) is 40.9 Å². The lowest BCUT2D eigenvalue weighted by Gasteiger charge is -2.22. The molecule has 0 unspecified atom stereocenters. The highest BCUT2D eigenvalue weighted by molar-refractivity contribution is 7.91. The second-order valence-corrected chi connectivity index (χ2v) is 11.0. The number of methoxy groups -OCH3 is 3. The highest BCUT2D eigenvalue weighted by Crippen LogP contribution is 2.37. The van der Waals surface area contributed by atoms with E-state index in [1.54, 1.807) is 53.6 Å². The molecule has 13 heteroatoms. The summed E-state index contributed by atoms with van der Waals surface area (Å²) in [5.41, 5.74) is 2.13. The van der Waals surface area contributed by atoms with Crippen molar-refractivity contribution in [2.75, 3.05) is 21.3 Å². The average molecular weight is 542 g/mol. The first-order valence-electron chi connectivity index (χ1n) is 12.0. The minimum Gasteiger partial charge on any atom is -0.494 e. The van der Waals surface area contributed by atoms with Crippen molar-refractivity contribution in [2.45, 2.75) is 44.4 Å². The normalized spacial score (nSPS) is 13.3. The van der Waals surface area contributed by atoms with Gasteiger partial charge in [-0.15, -0.1) is 10.2 Å². The topological polar surface area (TPSA) is 136 Å². The fourth-order valence-corrected chi connectivity index (χ4v) is 5.56. The van der Waals surface area contributed by atoms with Gasteiger partial charge in [-0.3, -0.25) is 19.2 Å². The molecule has 4 rings (SSSR count). The second kappa shape index (κ2) is 11.3. The Labute approximate surface area is 221 Å². The molecular weight excluding hydrogens is 510 g/mol. The largest absolute Gasteiger partial charge is 0.494 e. The molecule has 0 spiro atoms. The molecule has 0 bridgehead atoms. The third-order valence-corrected chi connectivity index (χ3v) is 8.26. The van der Waals surface area contributed by atoms with Crippen LogP contribution in [0.4, 0.5) is 0 Å². The van der Waals surface area contributed by atoms with Gasteiger partial charge in [0, 0.05) is 26.0 Å². The van der Waals surface area contributed by atoms with Crippen LogP contribution in [0, 0.1) is 6.92 Å². The number of aromatic nitrogens is 7. The van der Waals surface area contributed by atoms with E-state index >= 15 is 0 Å². The molecule has 202 valence electrons. The summed E-state index contributed by atoms with van der Waals surface area (Å²) in [5, 5.41) is 12.2. The van der Waals surface area contributed by atoms with Crippen LogP contribution in [-0.2, 0) is 26.9 Å². The maximum atomic E-state index is 13.7. The Balaban J connectivity index is 1.83. The molecule has 0 radical (unpaired) electrons. The van der Waals surface area contributed by atoms with Crippen molar-refractivity contribution < 1.29 is 22.6 Å². The molecule has 3 heterocycles. The molecule has 0 aliphatic carbocycles. The molecule has 0 saturated heterocycles. The fraction of sp³-hybridized carbons (Fsp3) is 0.400. The number of hydrogen-bond acceptors (Lipinski definition) is 10. The van der Waals surface area contributed by atoms with Gasteiger partial charge in [0.25, 0.3) is 0 Å². The van der Waals surface area contributed by atoms with Crippen LogP contribution in [0.1, 0.15) is 37.2 Å². The van der Waals surface area contributed by atoms with Crippen LogP contribution < -0.4 is 9.47 Å².